The molecule has 0 saturated heterocycles. The molecule has 0 heterocycles. The average molecular weight is 528 g/mol. The zero-order valence-electron chi connectivity index (χ0n) is 16.8. The summed E-state index contributed by atoms with van der Waals surface area (Å²) in [6.45, 7) is -0.713. The first-order chi connectivity index (χ1) is 14.5. The predicted octanol–water partition coefficient (Wildman–Crippen LogP) is 7.26. The number of hydrogen-bond acceptors (Lipinski definition) is 0. The predicted molar refractivity (Wildman–Crippen MR) is 132 cm³/mol. The van der Waals surface area contributed by atoms with E-state index in [1.807, 2.05) is 0 Å². The molecular weight excluding hydrogens is 503 g/mol. The van der Waals surface area contributed by atoms with E-state index in [0.29, 0.717) is 5.92 Å². The average Bonchev–Trinajstić information content (AvgIpc) is 3.39. The second-order valence-corrected chi connectivity index (χ2v) is 50.4. The van der Waals surface area contributed by atoms with Gasteiger partial charge in [-0.3, -0.25) is 0 Å². The van der Waals surface area contributed by atoms with Crippen molar-refractivity contribution in [1.29, 1.82) is 0 Å². The van der Waals surface area contributed by atoms with Crippen molar-refractivity contribution in [3.05, 3.63) is 119 Å². The monoisotopic (exact) mass is 525 g/mol. The van der Waals surface area contributed by atoms with Crippen molar-refractivity contribution in [2.45, 2.75) is 19.7 Å². The molecule has 0 radical (unpaired) electrons. The van der Waals surface area contributed by atoms with Crippen molar-refractivity contribution in [2.24, 2.45) is 0 Å². The quantitative estimate of drug-likeness (QED) is 0.296. The molecule has 2 unspecified atom stereocenters. The maximum atomic E-state index is 7.88. The fraction of sp³-hybridized carbons (Fsp3) is 0.154. The standard InChI is InChI=1S/C10H9.C9H7.C7H9Si.2ClH.Zr/c1-8-6-7-9-4-2-3-5-10(8)9;1-2-5-9-7-3-6-8(9)4-1;8-6-7-4-2-1-3-5-7;;;/h2-8H,1H2;1-7H;1-5H,6,8H2;2*1H;/q;;;;;+2/p-2. The first kappa shape index (κ1) is 20.7. The molecular formula is C26H25Cl2SiZr. The van der Waals surface area contributed by atoms with Crippen molar-refractivity contribution in [3.63, 3.8) is 0 Å². The van der Waals surface area contributed by atoms with E-state index < -0.39 is 22.2 Å². The van der Waals surface area contributed by atoms with Crippen molar-refractivity contribution in [1.82, 2.24) is 0 Å². The Balaban J connectivity index is 1.53. The molecule has 30 heavy (non-hydrogen) atoms. The fourth-order valence-corrected chi connectivity index (χ4v) is 35.3. The topological polar surface area (TPSA) is 0 Å². The Morgan fingerprint density at radius 2 is 1.30 bits per heavy atom. The summed E-state index contributed by atoms with van der Waals surface area (Å²) in [4.78, 5) is 0. The molecule has 0 spiro atoms. The molecule has 3 aromatic rings. The number of rotatable bonds is 6. The minimum absolute atomic E-state index is 0.225. The van der Waals surface area contributed by atoms with E-state index in [4.69, 9.17) is 17.0 Å². The molecule has 2 aliphatic rings. The van der Waals surface area contributed by atoms with E-state index in [9.17, 15) is 0 Å². The third-order valence-electron chi connectivity index (χ3n) is 6.78. The van der Waals surface area contributed by atoms with Crippen LogP contribution in [0.5, 0.6) is 0 Å². The molecule has 0 saturated carbocycles. The van der Waals surface area contributed by atoms with Crippen molar-refractivity contribution >= 4 is 35.8 Å². The number of hydrogen-bond donors (Lipinski definition) is 0. The first-order valence-corrected chi connectivity index (χ1v) is 27.1. The van der Waals surface area contributed by atoms with Gasteiger partial charge in [-0.25, -0.2) is 0 Å². The minimum atomic E-state index is -4.16. The third kappa shape index (κ3) is 3.89. The van der Waals surface area contributed by atoms with Crippen LogP contribution in [0.3, 0.4) is 0 Å². The molecule has 2 atom stereocenters. The normalized spacial score (nSPS) is 20.9. The van der Waals surface area contributed by atoms with Crippen LogP contribution >= 0.6 is 17.0 Å². The summed E-state index contributed by atoms with van der Waals surface area (Å²) in [6.07, 6.45) is 9.16. The van der Waals surface area contributed by atoms with E-state index in [1.165, 1.54) is 27.8 Å². The van der Waals surface area contributed by atoms with Gasteiger partial charge in [0.1, 0.15) is 0 Å². The van der Waals surface area contributed by atoms with Crippen LogP contribution in [0.4, 0.5) is 0 Å². The van der Waals surface area contributed by atoms with Gasteiger partial charge in [-0.15, -0.1) is 0 Å². The third-order valence-corrected chi connectivity index (χ3v) is 41.3. The maximum absolute atomic E-state index is 7.88. The number of benzene rings is 3. The molecule has 0 amide bonds. The van der Waals surface area contributed by atoms with E-state index >= 15 is 0 Å². The second-order valence-electron chi connectivity index (χ2n) is 8.73. The second kappa shape index (κ2) is 8.06. The van der Waals surface area contributed by atoms with Gasteiger partial charge in [-0.2, -0.15) is 0 Å². The Labute approximate surface area is 188 Å². The molecule has 0 aromatic heterocycles. The van der Waals surface area contributed by atoms with Gasteiger partial charge in [0.15, 0.2) is 0 Å². The summed E-state index contributed by atoms with van der Waals surface area (Å²) in [5.41, 5.74) is 6.73. The first-order valence-electron chi connectivity index (χ1n) is 10.7. The Morgan fingerprint density at radius 1 is 0.700 bits per heavy atom. The van der Waals surface area contributed by atoms with E-state index in [0.717, 1.165) is 10.2 Å². The molecule has 0 fully saturated rings. The molecule has 0 N–H and O–H groups in total. The molecule has 5 rings (SSSR count). The summed E-state index contributed by atoms with van der Waals surface area (Å²) >= 11 is -4.16. The Bertz CT molecular complexity index is 1140. The molecule has 0 aliphatic heterocycles. The van der Waals surface area contributed by atoms with Gasteiger partial charge in [0, 0.05) is 0 Å². The van der Waals surface area contributed by atoms with Crippen LogP contribution in [0.1, 0.15) is 37.4 Å². The van der Waals surface area contributed by atoms with Crippen molar-refractivity contribution < 1.29 is 15.6 Å². The van der Waals surface area contributed by atoms with Crippen LogP contribution in [-0.4, -0.2) is 6.65 Å². The molecule has 0 bridgehead atoms. The fourth-order valence-electron chi connectivity index (χ4n) is 5.17. The number of fused-ring (bicyclic) bond motifs is 2. The van der Waals surface area contributed by atoms with Gasteiger partial charge in [0.05, 0.1) is 0 Å². The van der Waals surface area contributed by atoms with Gasteiger partial charge in [0.25, 0.3) is 0 Å². The Kier molecular flexibility index (Phi) is 5.57. The molecule has 0 nitrogen and oxygen atoms in total. The molecule has 4 heteroatoms. The number of allylic oxidation sites excluding steroid dienone is 2. The van der Waals surface area contributed by atoms with Gasteiger partial charge in [-0.1, -0.05) is 0 Å². The van der Waals surface area contributed by atoms with Crippen LogP contribution in [-0.2, 0) is 21.6 Å². The summed E-state index contributed by atoms with van der Waals surface area (Å²) in [5.74, 6) is 0.339. The molecule has 2 aliphatic carbocycles. The van der Waals surface area contributed by atoms with Crippen molar-refractivity contribution in [3.8, 4) is 0 Å². The van der Waals surface area contributed by atoms with Crippen LogP contribution in [0.15, 0.2) is 91.0 Å². The van der Waals surface area contributed by atoms with Crippen LogP contribution in [0.2, 0.25) is 4.13 Å². The van der Waals surface area contributed by atoms with Gasteiger partial charge in [0.2, 0.25) is 0 Å². The molecule has 3 aromatic carbocycles. The van der Waals surface area contributed by atoms with E-state index in [1.54, 1.807) is 0 Å². The zero-order valence-corrected chi connectivity index (χ0v) is 22.2. The van der Waals surface area contributed by atoms with Crippen LogP contribution in [0, 0.1) is 0 Å². The summed E-state index contributed by atoms with van der Waals surface area (Å²) in [6, 6.07) is 29.2. The SMILES string of the molecule is [Cl][Zr]([Cl])([CH2]C1C=Cc2ccccc21)([SiH2]Cc1ccccc1)[CH]1C=Cc2ccccc21. The summed E-state index contributed by atoms with van der Waals surface area (Å²) in [7, 11) is 15.8. The van der Waals surface area contributed by atoms with Crippen LogP contribution < -0.4 is 0 Å². The molecule has 151 valence electrons. The van der Waals surface area contributed by atoms with E-state index in [2.05, 4.69) is 103 Å². The Morgan fingerprint density at radius 3 is 2.07 bits per heavy atom. The summed E-state index contributed by atoms with van der Waals surface area (Å²) in [5, 5.41) is 0. The van der Waals surface area contributed by atoms with Crippen LogP contribution in [0.25, 0.3) is 12.2 Å². The number of halogens is 2. The summed E-state index contributed by atoms with van der Waals surface area (Å²) < 4.78 is 1.17. The van der Waals surface area contributed by atoms with E-state index in [-0.39, 0.29) is 3.63 Å². The Hall–Kier alpha value is -1.18. The zero-order chi connectivity index (χ0) is 20.6. The van der Waals surface area contributed by atoms with Gasteiger partial charge < -0.3 is 0 Å². The van der Waals surface area contributed by atoms with Crippen molar-refractivity contribution in [2.75, 3.05) is 0 Å². The van der Waals surface area contributed by atoms with Gasteiger partial charge >= 0.3 is 190 Å². The van der Waals surface area contributed by atoms with Gasteiger partial charge in [-0.05, 0) is 0 Å².